The molecule has 0 spiro atoms. The maximum absolute atomic E-state index is 10.8. The average Bonchev–Trinajstić information content (AvgIpc) is 2.58. The normalized spacial score (nSPS) is 15.7. The highest BCUT2D eigenvalue weighted by atomic mass is 16.4. The highest BCUT2D eigenvalue weighted by Gasteiger charge is 2.22. The van der Waals surface area contributed by atoms with Crippen LogP contribution in [0.5, 0.6) is 5.75 Å². The van der Waals surface area contributed by atoms with Gasteiger partial charge in [-0.25, -0.2) is 0 Å². The fourth-order valence-electron chi connectivity index (χ4n) is 1.79. The summed E-state index contributed by atoms with van der Waals surface area (Å²) in [5.74, 6) is -1.04. The molecular weight excluding hydrogens is 192 g/mol. The van der Waals surface area contributed by atoms with Gasteiger partial charge < -0.3 is 10.2 Å². The Hall–Kier alpha value is -1.77. The van der Waals surface area contributed by atoms with E-state index in [9.17, 15) is 9.90 Å². The molecule has 3 nitrogen and oxygen atoms in total. The van der Waals surface area contributed by atoms with E-state index in [4.69, 9.17) is 5.11 Å². The van der Waals surface area contributed by atoms with Crippen LogP contribution in [0, 0.1) is 5.92 Å². The largest absolute Gasteiger partial charge is 0.508 e. The first-order valence-electron chi connectivity index (χ1n) is 4.83. The molecular formula is C12H12O3. The van der Waals surface area contributed by atoms with Gasteiger partial charge in [-0.15, -0.1) is 0 Å². The van der Waals surface area contributed by atoms with E-state index in [0.717, 1.165) is 16.7 Å². The lowest BCUT2D eigenvalue weighted by Gasteiger charge is -2.06. The molecule has 0 aromatic heterocycles. The van der Waals surface area contributed by atoms with E-state index in [2.05, 4.69) is 0 Å². The molecule has 1 aromatic carbocycles. The van der Waals surface area contributed by atoms with Crippen molar-refractivity contribution in [2.45, 2.75) is 13.3 Å². The van der Waals surface area contributed by atoms with Crippen molar-refractivity contribution in [1.82, 2.24) is 0 Å². The molecule has 1 aliphatic rings. The van der Waals surface area contributed by atoms with Crippen molar-refractivity contribution in [3.63, 3.8) is 0 Å². The zero-order valence-electron chi connectivity index (χ0n) is 8.40. The van der Waals surface area contributed by atoms with Gasteiger partial charge in [0, 0.05) is 0 Å². The van der Waals surface area contributed by atoms with Gasteiger partial charge in [0.25, 0.3) is 0 Å². The number of hydrogen-bond donors (Lipinski definition) is 2. The van der Waals surface area contributed by atoms with E-state index in [-0.39, 0.29) is 5.75 Å². The molecule has 0 amide bonds. The van der Waals surface area contributed by atoms with E-state index in [1.54, 1.807) is 19.1 Å². The van der Waals surface area contributed by atoms with Gasteiger partial charge in [-0.3, -0.25) is 4.79 Å². The number of benzene rings is 1. The Labute approximate surface area is 87.7 Å². The third-order valence-corrected chi connectivity index (χ3v) is 2.79. The second-order valence-electron chi connectivity index (χ2n) is 3.84. The Bertz CT molecular complexity index is 446. The van der Waals surface area contributed by atoms with Crippen molar-refractivity contribution in [2.75, 3.05) is 0 Å². The van der Waals surface area contributed by atoms with Crippen LogP contribution in [-0.2, 0) is 11.2 Å². The first-order chi connectivity index (χ1) is 7.08. The molecule has 0 radical (unpaired) electrons. The Morgan fingerprint density at radius 3 is 2.87 bits per heavy atom. The predicted molar refractivity (Wildman–Crippen MR) is 56.6 cm³/mol. The van der Waals surface area contributed by atoms with Crippen molar-refractivity contribution < 1.29 is 15.0 Å². The number of aliphatic carboxylic acids is 1. The molecule has 1 aliphatic carbocycles. The van der Waals surface area contributed by atoms with Crippen LogP contribution in [0.2, 0.25) is 0 Å². The van der Waals surface area contributed by atoms with Crippen LogP contribution in [0.15, 0.2) is 23.8 Å². The minimum Gasteiger partial charge on any atom is -0.508 e. The average molecular weight is 204 g/mol. The molecule has 15 heavy (non-hydrogen) atoms. The Balaban J connectivity index is 2.29. The molecule has 78 valence electrons. The Kier molecular flexibility index (Phi) is 2.23. The van der Waals surface area contributed by atoms with Crippen molar-refractivity contribution in [3.8, 4) is 5.75 Å². The molecule has 1 aromatic rings. The van der Waals surface area contributed by atoms with Crippen LogP contribution in [-0.4, -0.2) is 16.2 Å². The van der Waals surface area contributed by atoms with Crippen LogP contribution in [0.1, 0.15) is 18.1 Å². The highest BCUT2D eigenvalue weighted by molar-refractivity contribution is 5.78. The third-order valence-electron chi connectivity index (χ3n) is 2.79. The van der Waals surface area contributed by atoms with Crippen LogP contribution >= 0.6 is 0 Å². The molecule has 0 heterocycles. The summed E-state index contributed by atoms with van der Waals surface area (Å²) in [4.78, 5) is 10.8. The lowest BCUT2D eigenvalue weighted by molar-refractivity contribution is -0.139. The van der Waals surface area contributed by atoms with Gasteiger partial charge in [0.15, 0.2) is 0 Å². The number of rotatable bonds is 2. The van der Waals surface area contributed by atoms with E-state index >= 15 is 0 Å². The van der Waals surface area contributed by atoms with Gasteiger partial charge in [0.1, 0.15) is 5.75 Å². The maximum Gasteiger partial charge on any atom is 0.310 e. The summed E-state index contributed by atoms with van der Waals surface area (Å²) in [5, 5.41) is 18.2. The van der Waals surface area contributed by atoms with Gasteiger partial charge in [-0.05, 0) is 36.6 Å². The molecule has 1 atom stereocenters. The Morgan fingerprint density at radius 1 is 1.47 bits per heavy atom. The zero-order chi connectivity index (χ0) is 11.0. The van der Waals surface area contributed by atoms with E-state index in [1.807, 2.05) is 12.1 Å². The van der Waals surface area contributed by atoms with Crippen molar-refractivity contribution >= 4 is 12.0 Å². The summed E-state index contributed by atoms with van der Waals surface area (Å²) in [6, 6.07) is 5.11. The summed E-state index contributed by atoms with van der Waals surface area (Å²) in [6.45, 7) is 1.68. The number of aromatic hydroxyl groups is 1. The lowest BCUT2D eigenvalue weighted by Crippen LogP contribution is -2.12. The van der Waals surface area contributed by atoms with Crippen LogP contribution in [0.4, 0.5) is 0 Å². The van der Waals surface area contributed by atoms with Gasteiger partial charge in [-0.2, -0.15) is 0 Å². The van der Waals surface area contributed by atoms with Crippen LogP contribution in [0.3, 0.4) is 0 Å². The summed E-state index contributed by atoms with van der Waals surface area (Å²) >= 11 is 0. The van der Waals surface area contributed by atoms with E-state index in [1.165, 1.54) is 0 Å². The molecule has 1 unspecified atom stereocenters. The summed E-state index contributed by atoms with van der Waals surface area (Å²) in [5.41, 5.74) is 2.90. The highest BCUT2D eigenvalue weighted by Crippen LogP contribution is 2.31. The lowest BCUT2D eigenvalue weighted by atomic mass is 9.99. The number of carbonyl (C=O) groups is 1. The number of phenolic OH excluding ortho intramolecular Hbond substituents is 1. The zero-order valence-corrected chi connectivity index (χ0v) is 8.40. The van der Waals surface area contributed by atoms with Crippen molar-refractivity contribution in [2.24, 2.45) is 5.92 Å². The second kappa shape index (κ2) is 3.42. The fourth-order valence-corrected chi connectivity index (χ4v) is 1.79. The number of carboxylic acid groups (broad SMARTS) is 1. The number of fused-ring (bicyclic) bond motifs is 1. The van der Waals surface area contributed by atoms with Gasteiger partial charge in [0.05, 0.1) is 5.92 Å². The molecule has 2 N–H and O–H groups in total. The number of phenols is 1. The van der Waals surface area contributed by atoms with Gasteiger partial charge >= 0.3 is 5.97 Å². The first-order valence-corrected chi connectivity index (χ1v) is 4.83. The minimum absolute atomic E-state index is 0.228. The predicted octanol–water partition coefficient (Wildman–Crippen LogP) is 2.05. The van der Waals surface area contributed by atoms with E-state index < -0.39 is 11.9 Å². The van der Waals surface area contributed by atoms with Crippen LogP contribution in [0.25, 0.3) is 6.08 Å². The standard InChI is InChI=1S/C12H12O3/c1-7(12(14)15)9-4-8-2-3-11(13)6-10(8)5-9/h2-4,6-7,13H,5H2,1H3,(H,14,15). The molecule has 0 bridgehead atoms. The second-order valence-corrected chi connectivity index (χ2v) is 3.84. The molecule has 0 saturated heterocycles. The quantitative estimate of drug-likeness (QED) is 0.775. The van der Waals surface area contributed by atoms with Gasteiger partial charge in [-0.1, -0.05) is 17.7 Å². The molecule has 3 heteroatoms. The fraction of sp³-hybridized carbons (Fsp3) is 0.250. The first kappa shape index (κ1) is 9.77. The third kappa shape index (κ3) is 1.73. The molecule has 0 fully saturated rings. The number of hydrogen-bond acceptors (Lipinski definition) is 2. The Morgan fingerprint density at radius 2 is 2.20 bits per heavy atom. The topological polar surface area (TPSA) is 57.5 Å². The van der Waals surface area contributed by atoms with Crippen LogP contribution < -0.4 is 0 Å². The monoisotopic (exact) mass is 204 g/mol. The number of carboxylic acids is 1. The molecule has 0 saturated carbocycles. The summed E-state index contributed by atoms with van der Waals surface area (Å²) < 4.78 is 0. The van der Waals surface area contributed by atoms with Crippen molar-refractivity contribution in [1.29, 1.82) is 0 Å². The molecule has 0 aliphatic heterocycles. The minimum atomic E-state index is -0.807. The SMILES string of the molecule is CC(C(=O)O)C1=Cc2ccc(O)cc2C1. The van der Waals surface area contributed by atoms with Gasteiger partial charge in [0.2, 0.25) is 0 Å². The summed E-state index contributed by atoms with van der Waals surface area (Å²) in [7, 11) is 0. The van der Waals surface area contributed by atoms with E-state index in [0.29, 0.717) is 6.42 Å². The smallest absolute Gasteiger partial charge is 0.310 e. The van der Waals surface area contributed by atoms with Crippen molar-refractivity contribution in [3.05, 3.63) is 34.9 Å². The maximum atomic E-state index is 10.8. The molecule has 2 rings (SSSR count). The summed E-state index contributed by atoms with van der Waals surface area (Å²) in [6.07, 6.45) is 2.52.